The molecule has 1 heterocycles. The number of likely N-dealkylation sites (tertiary alicyclic amines) is 1. The number of hydrogen-bond acceptors (Lipinski definition) is 4. The number of nitrogens with one attached hydrogen (secondary N) is 1. The van der Waals surface area contributed by atoms with E-state index in [9.17, 15) is 0 Å². The van der Waals surface area contributed by atoms with Crippen molar-refractivity contribution in [2.45, 2.75) is 45.2 Å². The normalized spacial score (nSPS) is 24.1. The van der Waals surface area contributed by atoms with Gasteiger partial charge in [-0.3, -0.25) is 4.90 Å². The fraction of sp³-hybridized carbons (Fsp3) is 0.929. The van der Waals surface area contributed by atoms with Gasteiger partial charge in [0.15, 0.2) is 0 Å². The lowest BCUT2D eigenvalue weighted by atomic mass is 10.0. The van der Waals surface area contributed by atoms with Crippen molar-refractivity contribution in [2.24, 2.45) is 0 Å². The molecule has 2 unspecified atom stereocenters. The molecule has 1 N–H and O–H groups in total. The molecule has 1 saturated heterocycles. The van der Waals surface area contributed by atoms with E-state index >= 15 is 0 Å². The Hall–Kier alpha value is -0.630. The van der Waals surface area contributed by atoms with E-state index in [1.165, 1.54) is 13.0 Å². The predicted molar refractivity (Wildman–Crippen MR) is 75.5 cm³/mol. The van der Waals surface area contributed by atoms with Crippen LogP contribution >= 0.6 is 0 Å². The van der Waals surface area contributed by atoms with Crippen molar-refractivity contribution in [3.8, 4) is 6.07 Å². The van der Waals surface area contributed by atoms with E-state index in [1.54, 1.807) is 0 Å². The van der Waals surface area contributed by atoms with E-state index in [2.05, 4.69) is 35.0 Å². The average Bonchev–Trinajstić information content (AvgIpc) is 2.86. The van der Waals surface area contributed by atoms with Crippen molar-refractivity contribution < 1.29 is 0 Å². The lowest BCUT2D eigenvalue weighted by Gasteiger charge is -2.27. The lowest BCUT2D eigenvalue weighted by molar-refractivity contribution is 0.206. The molecule has 1 aliphatic heterocycles. The smallest absolute Gasteiger partial charge is 0.104 e. The summed E-state index contributed by atoms with van der Waals surface area (Å²) >= 11 is 0. The van der Waals surface area contributed by atoms with Crippen LogP contribution in [-0.2, 0) is 0 Å². The molecule has 2 atom stereocenters. The van der Waals surface area contributed by atoms with E-state index in [-0.39, 0.29) is 5.54 Å². The van der Waals surface area contributed by atoms with Crippen molar-refractivity contribution in [3.05, 3.63) is 0 Å². The second-order valence-electron chi connectivity index (χ2n) is 5.41. The Morgan fingerprint density at radius 3 is 2.61 bits per heavy atom. The van der Waals surface area contributed by atoms with Gasteiger partial charge in [0.05, 0.1) is 6.07 Å². The van der Waals surface area contributed by atoms with E-state index < -0.39 is 0 Å². The van der Waals surface area contributed by atoms with Gasteiger partial charge in [-0.25, -0.2) is 0 Å². The molecule has 1 aliphatic rings. The van der Waals surface area contributed by atoms with Crippen molar-refractivity contribution >= 4 is 0 Å². The summed E-state index contributed by atoms with van der Waals surface area (Å²) in [7, 11) is 1.87. The molecule has 4 nitrogen and oxygen atoms in total. The Labute approximate surface area is 112 Å². The molecule has 1 fully saturated rings. The SMILES string of the molecule is CCN(CC)C1CCN(CCC(C)(C#N)NC)C1. The monoisotopic (exact) mass is 252 g/mol. The Morgan fingerprint density at radius 2 is 2.11 bits per heavy atom. The summed E-state index contributed by atoms with van der Waals surface area (Å²) in [6.07, 6.45) is 2.16. The van der Waals surface area contributed by atoms with Gasteiger partial charge in [-0.05, 0) is 46.4 Å². The highest BCUT2D eigenvalue weighted by molar-refractivity contribution is 5.03. The first-order valence-corrected chi connectivity index (χ1v) is 7.15. The van der Waals surface area contributed by atoms with Gasteiger partial charge < -0.3 is 10.2 Å². The van der Waals surface area contributed by atoms with Gasteiger partial charge in [-0.1, -0.05) is 13.8 Å². The topological polar surface area (TPSA) is 42.3 Å². The van der Waals surface area contributed by atoms with Crippen molar-refractivity contribution in [1.82, 2.24) is 15.1 Å². The Bertz CT molecular complexity index is 282. The largest absolute Gasteiger partial charge is 0.303 e. The highest BCUT2D eigenvalue weighted by Gasteiger charge is 2.28. The van der Waals surface area contributed by atoms with Crippen LogP contribution < -0.4 is 5.32 Å². The van der Waals surface area contributed by atoms with Crippen molar-refractivity contribution in [2.75, 3.05) is 39.8 Å². The maximum absolute atomic E-state index is 9.14. The summed E-state index contributed by atoms with van der Waals surface area (Å²) in [6, 6.07) is 3.07. The second-order valence-corrected chi connectivity index (χ2v) is 5.41. The molecule has 0 aromatic carbocycles. The van der Waals surface area contributed by atoms with E-state index in [4.69, 9.17) is 5.26 Å². The molecule has 0 amide bonds. The third-order valence-electron chi connectivity index (χ3n) is 4.30. The zero-order valence-corrected chi connectivity index (χ0v) is 12.4. The van der Waals surface area contributed by atoms with Crippen LogP contribution in [0.15, 0.2) is 0 Å². The molecule has 0 saturated carbocycles. The van der Waals surface area contributed by atoms with Gasteiger partial charge in [-0.2, -0.15) is 5.26 Å². The van der Waals surface area contributed by atoms with Gasteiger partial charge in [0.2, 0.25) is 0 Å². The quantitative estimate of drug-likeness (QED) is 0.741. The molecule has 0 radical (unpaired) electrons. The molecule has 0 aromatic rings. The number of likely N-dealkylation sites (N-methyl/N-ethyl adjacent to an activating group) is 1. The zero-order chi connectivity index (χ0) is 13.6. The summed E-state index contributed by atoms with van der Waals surface area (Å²) < 4.78 is 0. The lowest BCUT2D eigenvalue weighted by Crippen LogP contribution is -2.42. The number of nitrogens with zero attached hydrogens (tertiary/aromatic N) is 3. The maximum Gasteiger partial charge on any atom is 0.104 e. The van der Waals surface area contributed by atoms with Gasteiger partial charge in [0.1, 0.15) is 5.54 Å². The first-order valence-electron chi connectivity index (χ1n) is 7.15. The highest BCUT2D eigenvalue weighted by atomic mass is 15.2. The van der Waals surface area contributed by atoms with Gasteiger partial charge in [-0.15, -0.1) is 0 Å². The molecule has 0 spiro atoms. The molecule has 1 rings (SSSR count). The van der Waals surface area contributed by atoms with E-state index in [1.807, 2.05) is 14.0 Å². The van der Waals surface area contributed by atoms with Crippen LogP contribution in [0.5, 0.6) is 0 Å². The standard InChI is InChI=1S/C14H28N4/c1-5-18(6-2)13-7-9-17(11-13)10-8-14(3,12-15)16-4/h13,16H,5-11H2,1-4H3. The number of nitriles is 1. The molecule has 104 valence electrons. The van der Waals surface area contributed by atoms with Crippen LogP contribution in [0.2, 0.25) is 0 Å². The van der Waals surface area contributed by atoms with Crippen molar-refractivity contribution in [1.29, 1.82) is 5.26 Å². The van der Waals surface area contributed by atoms with Gasteiger partial charge in [0, 0.05) is 19.1 Å². The van der Waals surface area contributed by atoms with E-state index in [0.717, 1.165) is 32.6 Å². The van der Waals surface area contributed by atoms with Crippen LogP contribution in [0.4, 0.5) is 0 Å². The average molecular weight is 252 g/mol. The molecular weight excluding hydrogens is 224 g/mol. The number of rotatable bonds is 7. The van der Waals surface area contributed by atoms with Crippen molar-refractivity contribution in [3.63, 3.8) is 0 Å². The van der Waals surface area contributed by atoms with Gasteiger partial charge in [0.25, 0.3) is 0 Å². The highest BCUT2D eigenvalue weighted by Crippen LogP contribution is 2.17. The molecule has 0 aromatic heterocycles. The molecule has 0 aliphatic carbocycles. The summed E-state index contributed by atoms with van der Waals surface area (Å²) in [6.45, 7) is 12.1. The third kappa shape index (κ3) is 3.94. The van der Waals surface area contributed by atoms with Crippen LogP contribution in [0, 0.1) is 11.3 Å². The summed E-state index contributed by atoms with van der Waals surface area (Å²) in [5.41, 5.74) is -0.382. The first kappa shape index (κ1) is 15.4. The fourth-order valence-electron chi connectivity index (χ4n) is 2.67. The van der Waals surface area contributed by atoms with Crippen LogP contribution in [0.1, 0.15) is 33.6 Å². The Balaban J connectivity index is 2.37. The number of hydrogen-bond donors (Lipinski definition) is 1. The fourth-order valence-corrected chi connectivity index (χ4v) is 2.67. The minimum absolute atomic E-state index is 0.382. The first-order chi connectivity index (χ1) is 8.58. The molecule has 18 heavy (non-hydrogen) atoms. The molecule has 4 heteroatoms. The van der Waals surface area contributed by atoms with Gasteiger partial charge >= 0.3 is 0 Å². The zero-order valence-electron chi connectivity index (χ0n) is 12.4. The maximum atomic E-state index is 9.14. The summed E-state index contributed by atoms with van der Waals surface area (Å²) in [5, 5.41) is 12.2. The summed E-state index contributed by atoms with van der Waals surface area (Å²) in [4.78, 5) is 5.04. The van der Waals surface area contributed by atoms with Crippen LogP contribution in [0.25, 0.3) is 0 Å². The Kier molecular flexibility index (Phi) is 6.07. The van der Waals surface area contributed by atoms with Crippen LogP contribution in [0.3, 0.4) is 0 Å². The Morgan fingerprint density at radius 1 is 1.44 bits per heavy atom. The predicted octanol–water partition coefficient (Wildman–Crippen LogP) is 1.29. The third-order valence-corrected chi connectivity index (χ3v) is 4.30. The van der Waals surface area contributed by atoms with E-state index in [0.29, 0.717) is 6.04 Å². The minimum Gasteiger partial charge on any atom is -0.303 e. The second kappa shape index (κ2) is 7.08. The molecular formula is C14H28N4. The summed E-state index contributed by atoms with van der Waals surface area (Å²) in [5.74, 6) is 0. The molecule has 0 bridgehead atoms. The van der Waals surface area contributed by atoms with Crippen LogP contribution in [-0.4, -0.2) is 61.2 Å². The minimum atomic E-state index is -0.382.